The van der Waals surface area contributed by atoms with E-state index in [-0.39, 0.29) is 0 Å². The average Bonchev–Trinajstić information content (AvgIpc) is 2.56. The molecule has 1 aliphatic rings. The lowest BCUT2D eigenvalue weighted by atomic mass is 9.97. The van der Waals surface area contributed by atoms with Crippen molar-refractivity contribution in [2.75, 3.05) is 32.7 Å². The fourth-order valence-electron chi connectivity index (χ4n) is 2.43. The Morgan fingerprint density at radius 2 is 1.65 bits per heavy atom. The molecular formula is C16H26F3N3S. The summed E-state index contributed by atoms with van der Waals surface area (Å²) < 4.78 is 36.0. The van der Waals surface area contributed by atoms with Gasteiger partial charge in [-0.25, -0.2) is 0 Å². The Balaban J connectivity index is 0.000000231. The minimum atomic E-state index is -4.24. The van der Waals surface area contributed by atoms with E-state index in [2.05, 4.69) is 17.5 Å². The van der Waals surface area contributed by atoms with Gasteiger partial charge in [0.2, 0.25) is 0 Å². The third-order valence-corrected chi connectivity index (χ3v) is 4.31. The van der Waals surface area contributed by atoms with Crippen LogP contribution in [0.1, 0.15) is 24.0 Å². The molecule has 1 aromatic rings. The van der Waals surface area contributed by atoms with Crippen LogP contribution in [0, 0.1) is 5.92 Å². The van der Waals surface area contributed by atoms with Gasteiger partial charge in [0.05, 0.1) is 5.56 Å². The molecule has 1 fully saturated rings. The van der Waals surface area contributed by atoms with Gasteiger partial charge >= 0.3 is 6.18 Å². The molecule has 1 aliphatic heterocycles. The SMILES string of the molecule is FC(F)(F)c1ccc(CS)cc1.NCCN1CCC(CN)CC1. The summed E-state index contributed by atoms with van der Waals surface area (Å²) in [6, 6.07) is 4.97. The summed E-state index contributed by atoms with van der Waals surface area (Å²) in [5, 5.41) is 0. The summed E-state index contributed by atoms with van der Waals surface area (Å²) in [6.45, 7) is 5.08. The summed E-state index contributed by atoms with van der Waals surface area (Å²) in [7, 11) is 0. The van der Waals surface area contributed by atoms with Crippen LogP contribution in [0.5, 0.6) is 0 Å². The van der Waals surface area contributed by atoms with Gasteiger partial charge in [0.1, 0.15) is 0 Å². The maximum absolute atomic E-state index is 12.0. The van der Waals surface area contributed by atoms with Crippen LogP contribution >= 0.6 is 12.6 Å². The molecular weight excluding hydrogens is 323 g/mol. The highest BCUT2D eigenvalue weighted by Crippen LogP contribution is 2.29. The number of piperidine rings is 1. The number of rotatable bonds is 4. The Morgan fingerprint density at radius 3 is 2.04 bits per heavy atom. The summed E-state index contributed by atoms with van der Waals surface area (Å²) in [4.78, 5) is 2.42. The Hall–Kier alpha value is -0.760. The maximum atomic E-state index is 12.0. The van der Waals surface area contributed by atoms with Crippen molar-refractivity contribution in [3.05, 3.63) is 35.4 Å². The van der Waals surface area contributed by atoms with Crippen LogP contribution in [-0.2, 0) is 11.9 Å². The van der Waals surface area contributed by atoms with Crippen molar-refractivity contribution in [2.45, 2.75) is 24.8 Å². The summed E-state index contributed by atoms with van der Waals surface area (Å²) >= 11 is 3.94. The number of thiol groups is 1. The van der Waals surface area contributed by atoms with Gasteiger partial charge in [-0.3, -0.25) is 0 Å². The van der Waals surface area contributed by atoms with Gasteiger partial charge in [0.25, 0.3) is 0 Å². The normalized spacial score (nSPS) is 16.8. The highest BCUT2D eigenvalue weighted by Gasteiger charge is 2.29. The zero-order chi connectivity index (χ0) is 17.3. The molecule has 0 bridgehead atoms. The quantitative estimate of drug-likeness (QED) is 0.733. The van der Waals surface area contributed by atoms with E-state index in [9.17, 15) is 13.2 Å². The number of halogens is 3. The first-order chi connectivity index (χ1) is 10.9. The first-order valence-corrected chi connectivity index (χ1v) is 8.43. The van der Waals surface area contributed by atoms with Gasteiger partial charge in [-0.15, -0.1) is 0 Å². The third kappa shape index (κ3) is 7.56. The smallest absolute Gasteiger partial charge is 0.330 e. The van der Waals surface area contributed by atoms with Crippen molar-refractivity contribution in [3.63, 3.8) is 0 Å². The van der Waals surface area contributed by atoms with E-state index < -0.39 is 11.7 Å². The minimum absolute atomic E-state index is 0.456. The molecule has 0 unspecified atom stereocenters. The molecule has 0 amide bonds. The van der Waals surface area contributed by atoms with E-state index in [1.807, 2.05) is 0 Å². The molecule has 0 spiro atoms. The Morgan fingerprint density at radius 1 is 1.09 bits per heavy atom. The van der Waals surface area contributed by atoms with E-state index in [1.54, 1.807) is 0 Å². The monoisotopic (exact) mass is 349 g/mol. The van der Waals surface area contributed by atoms with Crippen LogP contribution in [0.25, 0.3) is 0 Å². The molecule has 1 saturated heterocycles. The number of likely N-dealkylation sites (tertiary alicyclic amines) is 1. The molecule has 7 heteroatoms. The number of alkyl halides is 3. The molecule has 0 atom stereocenters. The molecule has 2 rings (SSSR count). The van der Waals surface area contributed by atoms with Crippen LogP contribution in [-0.4, -0.2) is 37.6 Å². The van der Waals surface area contributed by atoms with E-state index in [1.165, 1.54) is 38.1 Å². The van der Waals surface area contributed by atoms with Crippen molar-refractivity contribution < 1.29 is 13.2 Å². The van der Waals surface area contributed by atoms with E-state index >= 15 is 0 Å². The fraction of sp³-hybridized carbons (Fsp3) is 0.625. The second-order valence-electron chi connectivity index (χ2n) is 5.66. The maximum Gasteiger partial charge on any atom is 0.416 e. The van der Waals surface area contributed by atoms with Crippen molar-refractivity contribution in [2.24, 2.45) is 17.4 Å². The van der Waals surface area contributed by atoms with Crippen LogP contribution in [0.15, 0.2) is 24.3 Å². The molecule has 1 heterocycles. The molecule has 0 aliphatic carbocycles. The number of nitrogens with two attached hydrogens (primary N) is 2. The number of benzene rings is 1. The molecule has 0 saturated carbocycles. The van der Waals surface area contributed by atoms with Crippen molar-refractivity contribution in [3.8, 4) is 0 Å². The number of nitrogens with zero attached hydrogens (tertiary/aromatic N) is 1. The lowest BCUT2D eigenvalue weighted by Gasteiger charge is -2.30. The first kappa shape index (κ1) is 20.3. The molecule has 0 aromatic heterocycles. The topological polar surface area (TPSA) is 55.3 Å². The summed E-state index contributed by atoms with van der Waals surface area (Å²) in [5.41, 5.74) is 11.2. The molecule has 1 aromatic carbocycles. The largest absolute Gasteiger partial charge is 0.416 e. The van der Waals surface area contributed by atoms with E-state index in [0.717, 1.165) is 43.2 Å². The van der Waals surface area contributed by atoms with Crippen molar-refractivity contribution >= 4 is 12.6 Å². The molecule has 3 nitrogen and oxygen atoms in total. The van der Waals surface area contributed by atoms with Crippen LogP contribution < -0.4 is 11.5 Å². The van der Waals surface area contributed by atoms with Crippen LogP contribution in [0.4, 0.5) is 13.2 Å². The number of hydrogen-bond donors (Lipinski definition) is 3. The van der Waals surface area contributed by atoms with E-state index in [4.69, 9.17) is 11.5 Å². The Bertz CT molecular complexity index is 429. The molecule has 23 heavy (non-hydrogen) atoms. The Kier molecular flexibility index (Phi) is 8.98. The van der Waals surface area contributed by atoms with Gasteiger partial charge in [-0.2, -0.15) is 25.8 Å². The summed E-state index contributed by atoms with van der Waals surface area (Å²) in [6.07, 6.45) is -1.72. The van der Waals surface area contributed by atoms with Gasteiger partial charge in [-0.05, 0) is 56.1 Å². The highest BCUT2D eigenvalue weighted by atomic mass is 32.1. The van der Waals surface area contributed by atoms with Gasteiger partial charge in [-0.1, -0.05) is 12.1 Å². The fourth-order valence-corrected chi connectivity index (χ4v) is 2.64. The first-order valence-electron chi connectivity index (χ1n) is 7.80. The second kappa shape index (κ2) is 10.2. The lowest BCUT2D eigenvalue weighted by molar-refractivity contribution is -0.137. The second-order valence-corrected chi connectivity index (χ2v) is 5.98. The predicted octanol–water partition coefficient (Wildman–Crippen LogP) is 2.75. The van der Waals surface area contributed by atoms with Crippen LogP contribution in [0.2, 0.25) is 0 Å². The lowest BCUT2D eigenvalue weighted by Crippen LogP contribution is -2.38. The van der Waals surface area contributed by atoms with Crippen molar-refractivity contribution in [1.29, 1.82) is 0 Å². The van der Waals surface area contributed by atoms with Gasteiger partial charge < -0.3 is 16.4 Å². The standard InChI is InChI=1S/C8H7F3S.C8H19N3/c9-8(10,11)7-3-1-6(5-12)2-4-7;9-3-6-11-4-1-8(7-10)2-5-11/h1-4,12H,5H2;8H,1-7,9-10H2. The van der Waals surface area contributed by atoms with Crippen molar-refractivity contribution in [1.82, 2.24) is 4.90 Å². The zero-order valence-electron chi connectivity index (χ0n) is 13.2. The summed E-state index contributed by atoms with van der Waals surface area (Å²) in [5.74, 6) is 1.22. The third-order valence-electron chi connectivity index (χ3n) is 3.95. The Labute approximate surface area is 141 Å². The molecule has 0 radical (unpaired) electrons. The predicted molar refractivity (Wildman–Crippen MR) is 91.4 cm³/mol. The average molecular weight is 349 g/mol. The zero-order valence-corrected chi connectivity index (χ0v) is 14.1. The van der Waals surface area contributed by atoms with Gasteiger partial charge in [0, 0.05) is 18.8 Å². The van der Waals surface area contributed by atoms with E-state index in [0.29, 0.717) is 5.75 Å². The molecule has 4 N–H and O–H groups in total. The number of hydrogen-bond acceptors (Lipinski definition) is 4. The minimum Gasteiger partial charge on any atom is -0.330 e. The molecule has 132 valence electrons. The van der Waals surface area contributed by atoms with Crippen LogP contribution in [0.3, 0.4) is 0 Å². The highest BCUT2D eigenvalue weighted by molar-refractivity contribution is 7.79. The van der Waals surface area contributed by atoms with Gasteiger partial charge in [0.15, 0.2) is 0 Å².